The smallest absolute Gasteiger partial charge is 0.0410 e. The number of hydrogen-bond donors (Lipinski definition) is 1. The van der Waals surface area contributed by atoms with Crippen LogP contribution in [0.3, 0.4) is 0 Å². The van der Waals surface area contributed by atoms with E-state index in [1.165, 1.54) is 44.9 Å². The van der Waals surface area contributed by atoms with Gasteiger partial charge in [-0.3, -0.25) is 0 Å². The third kappa shape index (κ3) is 6.78. The molecule has 0 bridgehead atoms. The summed E-state index contributed by atoms with van der Waals surface area (Å²) < 4.78 is 1.06. The van der Waals surface area contributed by atoms with Gasteiger partial charge in [-0.15, -0.1) is 0 Å². The maximum Gasteiger partial charge on any atom is 0.0410 e. The summed E-state index contributed by atoms with van der Waals surface area (Å²) in [5, 5.41) is 0.758. The van der Waals surface area contributed by atoms with Crippen molar-refractivity contribution in [2.45, 2.75) is 64.3 Å². The van der Waals surface area contributed by atoms with E-state index in [-0.39, 0.29) is 6.04 Å². The molecular weight excluding hydrogens is 322 g/mol. The first-order valence-corrected chi connectivity index (χ1v) is 8.52. The van der Waals surface area contributed by atoms with Crippen LogP contribution in [0.25, 0.3) is 0 Å². The molecule has 2 N–H and O–H groups in total. The van der Waals surface area contributed by atoms with E-state index in [2.05, 4.69) is 22.9 Å². The monoisotopic (exact) mass is 345 g/mol. The predicted octanol–water partition coefficient (Wildman–Crippen LogP) is 6.24. The first-order valence-electron chi connectivity index (χ1n) is 7.35. The van der Waals surface area contributed by atoms with Crippen LogP contribution in [0.5, 0.6) is 0 Å². The molecule has 0 aliphatic rings. The average Bonchev–Trinajstić information content (AvgIpc) is 2.40. The molecule has 0 spiro atoms. The van der Waals surface area contributed by atoms with Crippen molar-refractivity contribution in [1.82, 2.24) is 0 Å². The molecule has 0 aliphatic heterocycles. The average molecular weight is 347 g/mol. The molecule has 1 unspecified atom stereocenters. The topological polar surface area (TPSA) is 26.0 Å². The van der Waals surface area contributed by atoms with Crippen molar-refractivity contribution in [2.75, 3.05) is 0 Å². The van der Waals surface area contributed by atoms with Gasteiger partial charge in [0, 0.05) is 15.5 Å². The van der Waals surface area contributed by atoms with Gasteiger partial charge in [-0.05, 0) is 30.2 Å². The van der Waals surface area contributed by atoms with E-state index >= 15 is 0 Å². The fourth-order valence-corrected chi connectivity index (χ4v) is 3.00. The second-order valence-corrected chi connectivity index (χ2v) is 6.47. The van der Waals surface area contributed by atoms with Crippen LogP contribution in [-0.2, 0) is 0 Å². The molecule has 0 saturated carbocycles. The fourth-order valence-electron chi connectivity index (χ4n) is 2.28. The van der Waals surface area contributed by atoms with Crippen molar-refractivity contribution < 1.29 is 0 Å². The highest BCUT2D eigenvalue weighted by atomic mass is 79.9. The van der Waals surface area contributed by atoms with E-state index in [1.54, 1.807) is 0 Å². The quantitative estimate of drug-likeness (QED) is 0.526. The van der Waals surface area contributed by atoms with Gasteiger partial charge in [0.25, 0.3) is 0 Å². The number of benzene rings is 1. The van der Waals surface area contributed by atoms with Crippen molar-refractivity contribution >= 4 is 27.5 Å². The number of halogens is 2. The fraction of sp³-hybridized carbons (Fsp3) is 0.625. The number of nitrogens with two attached hydrogens (primary N) is 1. The molecule has 0 saturated heterocycles. The van der Waals surface area contributed by atoms with Crippen molar-refractivity contribution in [3.8, 4) is 0 Å². The minimum atomic E-state index is 0.0868. The second kappa shape index (κ2) is 9.79. The molecule has 1 atom stereocenters. The van der Waals surface area contributed by atoms with Crippen LogP contribution in [0.1, 0.15) is 69.9 Å². The Kier molecular flexibility index (Phi) is 8.76. The minimum absolute atomic E-state index is 0.0868. The van der Waals surface area contributed by atoms with E-state index in [1.807, 2.05) is 18.2 Å². The molecule has 1 aromatic carbocycles. The predicted molar refractivity (Wildman–Crippen MR) is 88.7 cm³/mol. The Morgan fingerprint density at radius 1 is 1.11 bits per heavy atom. The van der Waals surface area contributed by atoms with Gasteiger partial charge < -0.3 is 5.73 Å². The van der Waals surface area contributed by atoms with Gasteiger partial charge in [0.15, 0.2) is 0 Å². The van der Waals surface area contributed by atoms with Crippen LogP contribution in [0.4, 0.5) is 0 Å². The zero-order valence-corrected chi connectivity index (χ0v) is 14.1. The van der Waals surface area contributed by atoms with Crippen LogP contribution >= 0.6 is 27.5 Å². The number of unbranched alkanes of at least 4 members (excludes halogenated alkanes) is 6. The van der Waals surface area contributed by atoms with E-state index in [0.29, 0.717) is 0 Å². The number of rotatable bonds is 9. The van der Waals surface area contributed by atoms with Gasteiger partial charge in [-0.25, -0.2) is 0 Å². The lowest BCUT2D eigenvalue weighted by atomic mass is 10.0. The van der Waals surface area contributed by atoms with Crippen molar-refractivity contribution in [3.05, 3.63) is 33.3 Å². The summed E-state index contributed by atoms with van der Waals surface area (Å²) in [5.41, 5.74) is 7.36. The second-order valence-electron chi connectivity index (χ2n) is 5.18. The maximum atomic E-state index is 6.24. The highest BCUT2D eigenvalue weighted by Gasteiger charge is 2.10. The van der Waals surface area contributed by atoms with E-state index in [9.17, 15) is 0 Å². The lowest BCUT2D eigenvalue weighted by molar-refractivity contribution is 0.540. The van der Waals surface area contributed by atoms with E-state index in [4.69, 9.17) is 17.3 Å². The molecule has 19 heavy (non-hydrogen) atoms. The van der Waals surface area contributed by atoms with Crippen LogP contribution in [0, 0.1) is 0 Å². The molecule has 0 amide bonds. The van der Waals surface area contributed by atoms with E-state index in [0.717, 1.165) is 21.5 Å². The van der Waals surface area contributed by atoms with Gasteiger partial charge in [-0.2, -0.15) is 0 Å². The Hall–Kier alpha value is -0.0500. The van der Waals surface area contributed by atoms with Crippen LogP contribution in [0.15, 0.2) is 22.7 Å². The molecule has 0 fully saturated rings. The summed E-state index contributed by atoms with van der Waals surface area (Å²) in [5.74, 6) is 0. The third-order valence-corrected chi connectivity index (χ3v) is 4.43. The first kappa shape index (κ1) is 17.0. The third-order valence-electron chi connectivity index (χ3n) is 3.48. The van der Waals surface area contributed by atoms with Gasteiger partial charge >= 0.3 is 0 Å². The largest absolute Gasteiger partial charge is 0.324 e. The maximum absolute atomic E-state index is 6.24. The Morgan fingerprint density at radius 2 is 1.74 bits per heavy atom. The normalized spacial score (nSPS) is 12.6. The van der Waals surface area contributed by atoms with Gasteiger partial charge in [0.05, 0.1) is 0 Å². The summed E-state index contributed by atoms with van der Waals surface area (Å²) in [4.78, 5) is 0. The molecule has 1 nitrogen and oxygen atoms in total. The highest BCUT2D eigenvalue weighted by molar-refractivity contribution is 9.10. The summed E-state index contributed by atoms with van der Waals surface area (Å²) in [6.07, 6.45) is 10.3. The minimum Gasteiger partial charge on any atom is -0.324 e. The van der Waals surface area contributed by atoms with Crippen LogP contribution < -0.4 is 5.73 Å². The van der Waals surface area contributed by atoms with Gasteiger partial charge in [0.1, 0.15) is 0 Å². The Balaban J connectivity index is 2.23. The zero-order chi connectivity index (χ0) is 14.1. The first-order chi connectivity index (χ1) is 9.15. The summed E-state index contributed by atoms with van der Waals surface area (Å²) in [6, 6.07) is 5.92. The molecular formula is C16H25BrClN. The highest BCUT2D eigenvalue weighted by Crippen LogP contribution is 2.28. The van der Waals surface area contributed by atoms with Gasteiger partial charge in [-0.1, -0.05) is 79.4 Å². The van der Waals surface area contributed by atoms with Crippen molar-refractivity contribution in [1.29, 1.82) is 0 Å². The molecule has 0 radical (unpaired) electrons. The van der Waals surface area contributed by atoms with Crippen LogP contribution in [0.2, 0.25) is 5.02 Å². The summed E-state index contributed by atoms with van der Waals surface area (Å²) in [7, 11) is 0. The lowest BCUT2D eigenvalue weighted by Crippen LogP contribution is -2.10. The Labute approximate surface area is 131 Å². The molecule has 0 aromatic heterocycles. The standard InChI is InChI=1S/C16H25BrClN/c1-2-3-4-5-6-7-8-9-16(19)14-12-13(18)10-11-15(14)17/h10-12,16H,2-9,19H2,1H3. The summed E-state index contributed by atoms with van der Waals surface area (Å²) in [6.45, 7) is 2.25. The van der Waals surface area contributed by atoms with E-state index < -0.39 is 0 Å². The molecule has 3 heteroatoms. The zero-order valence-electron chi connectivity index (χ0n) is 11.8. The van der Waals surface area contributed by atoms with Crippen molar-refractivity contribution in [2.24, 2.45) is 5.73 Å². The molecule has 0 heterocycles. The Bertz CT molecular complexity index is 368. The molecule has 1 aromatic rings. The molecule has 0 aliphatic carbocycles. The molecule has 1 rings (SSSR count). The van der Waals surface area contributed by atoms with Gasteiger partial charge in [0.2, 0.25) is 0 Å². The SMILES string of the molecule is CCCCCCCCCC(N)c1cc(Cl)ccc1Br. The number of hydrogen-bond acceptors (Lipinski definition) is 1. The Morgan fingerprint density at radius 3 is 2.42 bits per heavy atom. The molecule has 108 valence electrons. The lowest BCUT2D eigenvalue weighted by Gasteiger charge is -2.14. The van der Waals surface area contributed by atoms with Crippen LogP contribution in [-0.4, -0.2) is 0 Å². The summed E-state index contributed by atoms with van der Waals surface area (Å²) >= 11 is 9.56. The van der Waals surface area contributed by atoms with Crippen molar-refractivity contribution in [3.63, 3.8) is 0 Å².